The molecule has 2 N–H and O–H groups in total. The molecule has 0 aliphatic carbocycles. The summed E-state index contributed by atoms with van der Waals surface area (Å²) >= 11 is 0. The van der Waals surface area contributed by atoms with Gasteiger partial charge in [-0.15, -0.1) is 0 Å². The van der Waals surface area contributed by atoms with Gasteiger partial charge < -0.3 is 10.4 Å². The van der Waals surface area contributed by atoms with E-state index in [0.717, 1.165) is 12.8 Å². The summed E-state index contributed by atoms with van der Waals surface area (Å²) in [5, 5.41) is 11.9. The number of unbranched alkanes of at least 4 members (excludes halogenated alkanes) is 1. The molecule has 0 saturated carbocycles. The fourth-order valence-electron chi connectivity index (χ4n) is 1.55. The van der Waals surface area contributed by atoms with E-state index in [9.17, 15) is 9.18 Å². The molecule has 0 fully saturated rings. The Labute approximate surface area is 101 Å². The first-order valence-corrected chi connectivity index (χ1v) is 5.80. The summed E-state index contributed by atoms with van der Waals surface area (Å²) in [5.41, 5.74) is 1.06. The molecular weight excluding hydrogens is 221 g/mol. The van der Waals surface area contributed by atoms with Gasteiger partial charge in [0.05, 0.1) is 0 Å². The van der Waals surface area contributed by atoms with Crippen LogP contribution in [0.25, 0.3) is 0 Å². The molecule has 1 aromatic carbocycles. The van der Waals surface area contributed by atoms with Gasteiger partial charge in [-0.2, -0.15) is 0 Å². The first-order valence-electron chi connectivity index (χ1n) is 5.80. The van der Waals surface area contributed by atoms with Crippen molar-refractivity contribution < 1.29 is 14.3 Å². The Kier molecular flexibility index (Phi) is 4.94. The van der Waals surface area contributed by atoms with Crippen molar-refractivity contribution in [2.24, 2.45) is 0 Å². The smallest absolute Gasteiger partial charge is 0.326 e. The first-order chi connectivity index (χ1) is 8.04. The number of carbonyl (C=O) groups is 1. The molecule has 17 heavy (non-hydrogen) atoms. The summed E-state index contributed by atoms with van der Waals surface area (Å²) in [5.74, 6) is -1.23. The zero-order valence-corrected chi connectivity index (χ0v) is 10.2. The van der Waals surface area contributed by atoms with Gasteiger partial charge in [-0.1, -0.05) is 25.8 Å². The van der Waals surface area contributed by atoms with Crippen LogP contribution in [0.3, 0.4) is 0 Å². The summed E-state index contributed by atoms with van der Waals surface area (Å²) in [6.07, 6.45) is 2.31. The number of aliphatic carboxylic acids is 1. The van der Waals surface area contributed by atoms with Gasteiger partial charge >= 0.3 is 5.97 Å². The topological polar surface area (TPSA) is 49.3 Å². The summed E-state index contributed by atoms with van der Waals surface area (Å²) in [6, 6.07) is 4.01. The maximum absolute atomic E-state index is 13.3. The lowest BCUT2D eigenvalue weighted by atomic mass is 10.1. The first kappa shape index (κ1) is 13.5. The lowest BCUT2D eigenvalue weighted by molar-refractivity contribution is -0.138. The molecule has 0 radical (unpaired) electrons. The third-order valence-corrected chi connectivity index (χ3v) is 2.66. The van der Waals surface area contributed by atoms with Gasteiger partial charge in [0.2, 0.25) is 0 Å². The van der Waals surface area contributed by atoms with Gasteiger partial charge in [0.15, 0.2) is 0 Å². The van der Waals surface area contributed by atoms with Crippen molar-refractivity contribution in [2.75, 3.05) is 5.32 Å². The summed E-state index contributed by atoms with van der Waals surface area (Å²) in [4.78, 5) is 11.0. The Balaban J connectivity index is 2.71. The van der Waals surface area contributed by atoms with E-state index in [-0.39, 0.29) is 5.82 Å². The number of aryl methyl sites for hydroxylation is 1. The molecular formula is C13H18FNO2. The number of hydrogen-bond donors (Lipinski definition) is 2. The number of hydrogen-bond acceptors (Lipinski definition) is 2. The minimum Gasteiger partial charge on any atom is -0.480 e. The van der Waals surface area contributed by atoms with E-state index in [0.29, 0.717) is 17.7 Å². The molecule has 0 heterocycles. The lowest BCUT2D eigenvalue weighted by Crippen LogP contribution is -2.29. The van der Waals surface area contributed by atoms with Crippen molar-refractivity contribution in [3.8, 4) is 0 Å². The summed E-state index contributed by atoms with van der Waals surface area (Å²) < 4.78 is 13.3. The largest absolute Gasteiger partial charge is 0.480 e. The Bertz CT molecular complexity index is 393. The molecule has 0 aliphatic heterocycles. The van der Waals surface area contributed by atoms with Crippen LogP contribution in [0, 0.1) is 12.7 Å². The molecule has 1 aromatic rings. The van der Waals surface area contributed by atoms with Crippen molar-refractivity contribution in [1.29, 1.82) is 0 Å². The maximum atomic E-state index is 13.3. The third-order valence-electron chi connectivity index (χ3n) is 2.66. The average Bonchev–Trinajstić information content (AvgIpc) is 2.28. The number of carboxylic acid groups (broad SMARTS) is 1. The van der Waals surface area contributed by atoms with E-state index in [2.05, 4.69) is 5.32 Å². The highest BCUT2D eigenvalue weighted by atomic mass is 19.1. The molecule has 0 aliphatic rings. The van der Waals surface area contributed by atoms with Crippen LogP contribution in [0.5, 0.6) is 0 Å². The molecule has 1 rings (SSSR count). The van der Waals surface area contributed by atoms with E-state index < -0.39 is 12.0 Å². The molecule has 0 aromatic heterocycles. The molecule has 94 valence electrons. The fourth-order valence-corrected chi connectivity index (χ4v) is 1.55. The van der Waals surface area contributed by atoms with Gasteiger partial charge in [-0.05, 0) is 31.0 Å². The predicted octanol–water partition coefficient (Wildman–Crippen LogP) is 3.19. The van der Waals surface area contributed by atoms with Crippen molar-refractivity contribution in [2.45, 2.75) is 39.2 Å². The second-order valence-electron chi connectivity index (χ2n) is 4.14. The number of anilines is 1. The van der Waals surface area contributed by atoms with Gasteiger partial charge in [-0.3, -0.25) is 0 Å². The Hall–Kier alpha value is -1.58. The standard InChI is InChI=1S/C13H18FNO2/c1-3-4-5-12(13(16)17)15-10-7-6-9(2)11(14)8-10/h6-8,12,15H,3-5H2,1-2H3,(H,16,17). The average molecular weight is 239 g/mol. The molecule has 0 amide bonds. The van der Waals surface area contributed by atoms with Gasteiger partial charge in [0.1, 0.15) is 11.9 Å². The van der Waals surface area contributed by atoms with Crippen LogP contribution in [0.2, 0.25) is 0 Å². The second kappa shape index (κ2) is 6.23. The monoisotopic (exact) mass is 239 g/mol. The second-order valence-corrected chi connectivity index (χ2v) is 4.14. The highest BCUT2D eigenvalue weighted by Crippen LogP contribution is 2.16. The van der Waals surface area contributed by atoms with Crippen molar-refractivity contribution >= 4 is 11.7 Å². The molecule has 0 saturated heterocycles. The Morgan fingerprint density at radius 1 is 1.53 bits per heavy atom. The van der Waals surface area contributed by atoms with Crippen LogP contribution in [-0.2, 0) is 4.79 Å². The van der Waals surface area contributed by atoms with Crippen LogP contribution < -0.4 is 5.32 Å². The van der Waals surface area contributed by atoms with E-state index in [1.54, 1.807) is 19.1 Å². The Morgan fingerprint density at radius 2 is 2.24 bits per heavy atom. The molecule has 1 unspecified atom stereocenters. The molecule has 1 atom stereocenters. The van der Waals surface area contributed by atoms with Crippen molar-refractivity contribution in [3.05, 3.63) is 29.6 Å². The van der Waals surface area contributed by atoms with Gasteiger partial charge in [0.25, 0.3) is 0 Å². The fraction of sp³-hybridized carbons (Fsp3) is 0.462. The van der Waals surface area contributed by atoms with Crippen LogP contribution in [0.15, 0.2) is 18.2 Å². The Morgan fingerprint density at radius 3 is 2.76 bits per heavy atom. The van der Waals surface area contributed by atoms with Gasteiger partial charge in [0, 0.05) is 5.69 Å². The number of halogens is 1. The number of benzene rings is 1. The summed E-state index contributed by atoms with van der Waals surface area (Å²) in [7, 11) is 0. The van der Waals surface area contributed by atoms with Crippen LogP contribution in [0.4, 0.5) is 10.1 Å². The molecule has 4 heteroatoms. The van der Waals surface area contributed by atoms with E-state index in [4.69, 9.17) is 5.11 Å². The SMILES string of the molecule is CCCCC(Nc1ccc(C)c(F)c1)C(=O)O. The quantitative estimate of drug-likeness (QED) is 0.801. The number of carboxylic acids is 1. The minimum atomic E-state index is -0.903. The van der Waals surface area contributed by atoms with Gasteiger partial charge in [-0.25, -0.2) is 9.18 Å². The zero-order valence-electron chi connectivity index (χ0n) is 10.2. The minimum absolute atomic E-state index is 0.324. The molecule has 0 bridgehead atoms. The summed E-state index contributed by atoms with van der Waals surface area (Å²) in [6.45, 7) is 3.68. The van der Waals surface area contributed by atoms with Crippen molar-refractivity contribution in [1.82, 2.24) is 0 Å². The van der Waals surface area contributed by atoms with E-state index >= 15 is 0 Å². The number of rotatable bonds is 6. The predicted molar refractivity (Wildman–Crippen MR) is 65.7 cm³/mol. The maximum Gasteiger partial charge on any atom is 0.326 e. The molecule has 3 nitrogen and oxygen atoms in total. The van der Waals surface area contributed by atoms with E-state index in [1.807, 2.05) is 6.92 Å². The molecule has 0 spiro atoms. The third kappa shape index (κ3) is 4.06. The van der Waals surface area contributed by atoms with Crippen LogP contribution in [0.1, 0.15) is 31.7 Å². The lowest BCUT2D eigenvalue weighted by Gasteiger charge is -2.15. The number of nitrogens with one attached hydrogen (secondary N) is 1. The highest BCUT2D eigenvalue weighted by Gasteiger charge is 2.16. The van der Waals surface area contributed by atoms with Crippen LogP contribution in [-0.4, -0.2) is 17.1 Å². The highest BCUT2D eigenvalue weighted by molar-refractivity contribution is 5.77. The normalized spacial score (nSPS) is 12.2. The van der Waals surface area contributed by atoms with E-state index in [1.165, 1.54) is 6.07 Å². The zero-order chi connectivity index (χ0) is 12.8. The van der Waals surface area contributed by atoms with Crippen LogP contribution >= 0.6 is 0 Å². The van der Waals surface area contributed by atoms with Crippen molar-refractivity contribution in [3.63, 3.8) is 0 Å².